The third-order valence-corrected chi connectivity index (χ3v) is 4.02. The van der Waals surface area contributed by atoms with Crippen LogP contribution in [0.15, 0.2) is 40.4 Å². The molecule has 1 heterocycles. The minimum Gasteiger partial charge on any atom is -0.487 e. The Hall–Kier alpha value is -1.83. The summed E-state index contributed by atoms with van der Waals surface area (Å²) in [6, 6.07) is 3.99. The molecule has 0 atom stereocenters. The fraction of sp³-hybridized carbons (Fsp3) is 0.250. The number of benzene rings is 1. The van der Waals surface area contributed by atoms with E-state index >= 15 is 0 Å². The molecule has 108 valence electrons. The van der Waals surface area contributed by atoms with Crippen molar-refractivity contribution in [1.82, 2.24) is 0 Å². The third-order valence-electron chi connectivity index (χ3n) is 2.50. The molecule has 0 spiro atoms. The predicted octanol–water partition coefficient (Wildman–Crippen LogP) is 2.77. The predicted molar refractivity (Wildman–Crippen MR) is 67.1 cm³/mol. The standard InChI is InChI=1S/C12H10F3NO3S/c1-8-7-20(17,18)11(16-8)6-19-10-4-2-9(3-5-10)12(13,14)15/h2-5,7H,6H2,1H3. The second-order valence-electron chi connectivity index (χ2n) is 4.12. The zero-order chi connectivity index (χ0) is 15.0. The Morgan fingerprint density at radius 3 is 2.25 bits per heavy atom. The Labute approximate surface area is 113 Å². The molecule has 8 heteroatoms. The van der Waals surface area contributed by atoms with Crippen molar-refractivity contribution in [2.45, 2.75) is 13.1 Å². The van der Waals surface area contributed by atoms with Gasteiger partial charge in [-0.25, -0.2) is 13.4 Å². The quantitative estimate of drug-likeness (QED) is 0.863. The highest BCUT2D eigenvalue weighted by Gasteiger charge is 2.30. The number of sulfone groups is 1. The summed E-state index contributed by atoms with van der Waals surface area (Å²) in [5.41, 5.74) is -0.454. The van der Waals surface area contributed by atoms with E-state index in [4.69, 9.17) is 4.74 Å². The van der Waals surface area contributed by atoms with Gasteiger partial charge in [0.15, 0.2) is 5.04 Å². The van der Waals surface area contributed by atoms with Gasteiger partial charge in [0.05, 0.1) is 16.7 Å². The molecule has 4 nitrogen and oxygen atoms in total. The highest BCUT2D eigenvalue weighted by atomic mass is 32.2. The number of rotatable bonds is 3. The lowest BCUT2D eigenvalue weighted by atomic mass is 10.2. The fourth-order valence-corrected chi connectivity index (χ4v) is 2.71. The van der Waals surface area contributed by atoms with Crippen LogP contribution in [0.5, 0.6) is 5.75 Å². The maximum absolute atomic E-state index is 12.3. The first kappa shape index (κ1) is 14.6. The first-order valence-corrected chi connectivity index (χ1v) is 7.04. The molecule has 1 aliphatic heterocycles. The lowest BCUT2D eigenvalue weighted by molar-refractivity contribution is -0.137. The number of hydrogen-bond acceptors (Lipinski definition) is 4. The van der Waals surface area contributed by atoms with Crippen molar-refractivity contribution in [3.8, 4) is 5.75 Å². The van der Waals surface area contributed by atoms with E-state index in [-0.39, 0.29) is 17.4 Å². The Kier molecular flexibility index (Phi) is 3.59. The minimum atomic E-state index is -4.42. The van der Waals surface area contributed by atoms with Crippen LogP contribution in [0.4, 0.5) is 13.2 Å². The topological polar surface area (TPSA) is 55.7 Å². The van der Waals surface area contributed by atoms with E-state index in [1.54, 1.807) is 0 Å². The summed E-state index contributed by atoms with van der Waals surface area (Å²) >= 11 is 0. The number of alkyl halides is 3. The summed E-state index contributed by atoms with van der Waals surface area (Å²) in [7, 11) is -3.55. The summed E-state index contributed by atoms with van der Waals surface area (Å²) in [6.07, 6.45) is -4.42. The van der Waals surface area contributed by atoms with Gasteiger partial charge in [0.1, 0.15) is 12.4 Å². The van der Waals surface area contributed by atoms with Gasteiger partial charge in [-0.1, -0.05) is 0 Å². The van der Waals surface area contributed by atoms with Crippen molar-refractivity contribution in [1.29, 1.82) is 0 Å². The van der Waals surface area contributed by atoms with Gasteiger partial charge in [0.25, 0.3) is 0 Å². The molecule has 0 bridgehead atoms. The molecule has 0 aromatic heterocycles. The van der Waals surface area contributed by atoms with E-state index in [2.05, 4.69) is 4.99 Å². The maximum atomic E-state index is 12.3. The second kappa shape index (κ2) is 4.93. The van der Waals surface area contributed by atoms with E-state index in [0.717, 1.165) is 29.7 Å². The van der Waals surface area contributed by atoms with E-state index in [1.807, 2.05) is 0 Å². The van der Waals surface area contributed by atoms with Gasteiger partial charge in [-0.15, -0.1) is 0 Å². The Morgan fingerprint density at radius 1 is 1.20 bits per heavy atom. The van der Waals surface area contributed by atoms with Crippen LogP contribution in [-0.2, 0) is 16.0 Å². The SMILES string of the molecule is CC1=CS(=O)(=O)C(COc2ccc(C(F)(F)F)cc2)=N1. The Morgan fingerprint density at radius 2 is 1.80 bits per heavy atom. The van der Waals surface area contributed by atoms with Crippen molar-refractivity contribution >= 4 is 14.9 Å². The summed E-state index contributed by atoms with van der Waals surface area (Å²) in [6.45, 7) is 1.21. The van der Waals surface area contributed by atoms with Gasteiger partial charge in [-0.05, 0) is 31.2 Å². The van der Waals surface area contributed by atoms with Crippen LogP contribution >= 0.6 is 0 Å². The number of halogens is 3. The van der Waals surface area contributed by atoms with Crippen molar-refractivity contribution < 1.29 is 26.3 Å². The van der Waals surface area contributed by atoms with Crippen LogP contribution in [-0.4, -0.2) is 20.1 Å². The van der Waals surface area contributed by atoms with Crippen LogP contribution in [0.1, 0.15) is 12.5 Å². The molecule has 1 aromatic carbocycles. The van der Waals surface area contributed by atoms with Gasteiger partial charge >= 0.3 is 6.18 Å². The molecule has 0 saturated carbocycles. The normalized spacial score (nSPS) is 17.6. The Bertz CT molecular complexity index is 673. The van der Waals surface area contributed by atoms with Crippen molar-refractivity contribution in [3.63, 3.8) is 0 Å². The average Bonchev–Trinajstić information content (AvgIpc) is 2.58. The minimum absolute atomic E-state index is 0.139. The van der Waals surface area contributed by atoms with E-state index in [9.17, 15) is 21.6 Å². The number of ether oxygens (including phenoxy) is 1. The van der Waals surface area contributed by atoms with Crippen molar-refractivity contribution in [2.75, 3.05) is 6.61 Å². The van der Waals surface area contributed by atoms with Crippen molar-refractivity contribution in [2.24, 2.45) is 4.99 Å². The molecular weight excluding hydrogens is 295 g/mol. The van der Waals surface area contributed by atoms with Gasteiger partial charge in [0, 0.05) is 0 Å². The van der Waals surface area contributed by atoms with Crippen molar-refractivity contribution in [3.05, 3.63) is 40.9 Å². The number of hydrogen-bond donors (Lipinski definition) is 0. The average molecular weight is 305 g/mol. The highest BCUT2D eigenvalue weighted by Crippen LogP contribution is 2.30. The van der Waals surface area contributed by atoms with Crippen LogP contribution in [0.2, 0.25) is 0 Å². The molecule has 0 radical (unpaired) electrons. The maximum Gasteiger partial charge on any atom is 0.416 e. The van der Waals surface area contributed by atoms with Gasteiger partial charge in [-0.2, -0.15) is 13.2 Å². The summed E-state index contributed by atoms with van der Waals surface area (Å²) in [5.74, 6) is 0.139. The monoisotopic (exact) mass is 305 g/mol. The zero-order valence-electron chi connectivity index (χ0n) is 10.3. The van der Waals surface area contributed by atoms with Gasteiger partial charge < -0.3 is 4.74 Å². The smallest absolute Gasteiger partial charge is 0.416 e. The largest absolute Gasteiger partial charge is 0.487 e. The molecule has 0 unspecified atom stereocenters. The first-order valence-electron chi connectivity index (χ1n) is 5.49. The first-order chi connectivity index (χ1) is 9.18. The molecule has 1 aromatic rings. The molecule has 0 aliphatic carbocycles. The molecule has 2 rings (SSSR count). The van der Waals surface area contributed by atoms with Gasteiger partial charge in [0.2, 0.25) is 9.84 Å². The fourth-order valence-electron chi connectivity index (χ4n) is 1.58. The van der Waals surface area contributed by atoms with E-state index in [0.29, 0.717) is 5.70 Å². The molecular formula is C12H10F3NO3S. The Balaban J connectivity index is 2.05. The third kappa shape index (κ3) is 3.19. The van der Waals surface area contributed by atoms with E-state index < -0.39 is 21.6 Å². The summed E-state index contributed by atoms with van der Waals surface area (Å²) in [5, 5.41) is 0.855. The molecule has 0 fully saturated rings. The van der Waals surface area contributed by atoms with Gasteiger partial charge in [-0.3, -0.25) is 0 Å². The van der Waals surface area contributed by atoms with Crippen LogP contribution in [0, 0.1) is 0 Å². The van der Waals surface area contributed by atoms with E-state index in [1.165, 1.54) is 6.92 Å². The summed E-state index contributed by atoms with van der Waals surface area (Å²) < 4.78 is 65.3. The van der Waals surface area contributed by atoms with Crippen LogP contribution < -0.4 is 4.74 Å². The lowest BCUT2D eigenvalue weighted by Crippen LogP contribution is -2.17. The second-order valence-corrected chi connectivity index (χ2v) is 5.92. The summed E-state index contributed by atoms with van der Waals surface area (Å²) in [4.78, 5) is 3.80. The highest BCUT2D eigenvalue weighted by molar-refractivity contribution is 8.09. The van der Waals surface area contributed by atoms with Crippen LogP contribution in [0.25, 0.3) is 0 Å². The number of allylic oxidation sites excluding steroid dienone is 1. The molecule has 0 N–H and O–H groups in total. The number of aliphatic imine (C=N–C) groups is 1. The lowest BCUT2D eigenvalue weighted by Gasteiger charge is -2.09. The van der Waals surface area contributed by atoms with Crippen LogP contribution in [0.3, 0.4) is 0 Å². The number of nitrogens with zero attached hydrogens (tertiary/aromatic N) is 1. The molecule has 0 amide bonds. The molecule has 1 aliphatic rings. The zero-order valence-corrected chi connectivity index (χ0v) is 11.1. The molecule has 20 heavy (non-hydrogen) atoms. The molecule has 0 saturated heterocycles.